The molecular formula is C20H22N4O3. The van der Waals surface area contributed by atoms with Crippen LogP contribution < -0.4 is 15.2 Å². The van der Waals surface area contributed by atoms with Crippen LogP contribution in [0.2, 0.25) is 0 Å². The summed E-state index contributed by atoms with van der Waals surface area (Å²) in [7, 11) is 1.63. The Bertz CT molecular complexity index is 1000. The second kappa shape index (κ2) is 7.36. The van der Waals surface area contributed by atoms with Gasteiger partial charge in [0.05, 0.1) is 26.3 Å². The van der Waals surface area contributed by atoms with E-state index in [1.165, 1.54) is 0 Å². The summed E-state index contributed by atoms with van der Waals surface area (Å²) in [6.45, 7) is 1.31. The molecule has 3 heterocycles. The van der Waals surface area contributed by atoms with E-state index in [0.717, 1.165) is 36.1 Å². The van der Waals surface area contributed by atoms with Gasteiger partial charge < -0.3 is 14.7 Å². The van der Waals surface area contributed by atoms with Crippen LogP contribution in [0.1, 0.15) is 18.4 Å². The van der Waals surface area contributed by atoms with Gasteiger partial charge in [-0.15, -0.1) is 0 Å². The minimum absolute atomic E-state index is 0.0351. The molecule has 140 valence electrons. The lowest BCUT2D eigenvalue weighted by Crippen LogP contribution is -2.33. The van der Waals surface area contributed by atoms with E-state index in [4.69, 9.17) is 4.74 Å². The first-order valence-electron chi connectivity index (χ1n) is 9.06. The van der Waals surface area contributed by atoms with E-state index in [1.54, 1.807) is 30.0 Å². The standard InChI is InChI=1S/C20H22N4O3/c1-27-17-7-4-14(5-8-17)12-24-18(26)9-6-15-11-21-20(22-19(15)24)23-10-2-3-16(23)13-25/h4-9,11,16,25H,2-3,10,12-13H2,1H3/t16-/m0/s1. The van der Waals surface area contributed by atoms with Gasteiger partial charge in [-0.1, -0.05) is 12.1 Å². The Hall–Kier alpha value is -2.93. The molecule has 0 aliphatic carbocycles. The highest BCUT2D eigenvalue weighted by atomic mass is 16.5. The third kappa shape index (κ3) is 3.38. The van der Waals surface area contributed by atoms with Crippen LogP contribution in [0.5, 0.6) is 5.75 Å². The quantitative estimate of drug-likeness (QED) is 0.742. The first-order chi connectivity index (χ1) is 13.2. The minimum Gasteiger partial charge on any atom is -0.497 e. The molecule has 0 unspecified atom stereocenters. The van der Waals surface area contributed by atoms with Crippen LogP contribution in [0.3, 0.4) is 0 Å². The summed E-state index contributed by atoms with van der Waals surface area (Å²) in [5, 5.41) is 10.4. The van der Waals surface area contributed by atoms with E-state index in [2.05, 4.69) is 9.97 Å². The van der Waals surface area contributed by atoms with Crippen molar-refractivity contribution in [3.63, 3.8) is 0 Å². The number of rotatable bonds is 5. The lowest BCUT2D eigenvalue weighted by Gasteiger charge is -2.23. The third-order valence-electron chi connectivity index (χ3n) is 5.05. The molecule has 0 amide bonds. The van der Waals surface area contributed by atoms with E-state index in [0.29, 0.717) is 18.1 Å². The molecule has 1 saturated heterocycles. The number of benzene rings is 1. The molecule has 7 heteroatoms. The molecule has 1 aliphatic rings. The van der Waals surface area contributed by atoms with Crippen LogP contribution in [-0.2, 0) is 6.54 Å². The number of nitrogens with zero attached hydrogens (tertiary/aromatic N) is 4. The summed E-state index contributed by atoms with van der Waals surface area (Å²) in [6, 6.07) is 11.0. The van der Waals surface area contributed by atoms with Crippen molar-refractivity contribution >= 4 is 17.0 Å². The summed E-state index contributed by atoms with van der Waals surface area (Å²) < 4.78 is 6.85. The molecule has 1 aromatic carbocycles. The van der Waals surface area contributed by atoms with Gasteiger partial charge in [-0.2, -0.15) is 4.98 Å². The predicted molar refractivity (Wildman–Crippen MR) is 103 cm³/mol. The molecule has 0 spiro atoms. The van der Waals surface area contributed by atoms with Crippen molar-refractivity contribution in [2.24, 2.45) is 0 Å². The van der Waals surface area contributed by atoms with Gasteiger partial charge in [-0.25, -0.2) is 4.98 Å². The third-order valence-corrected chi connectivity index (χ3v) is 5.05. The molecule has 1 fully saturated rings. The zero-order valence-corrected chi connectivity index (χ0v) is 15.2. The molecule has 27 heavy (non-hydrogen) atoms. The van der Waals surface area contributed by atoms with Crippen molar-refractivity contribution in [1.29, 1.82) is 0 Å². The molecule has 0 radical (unpaired) electrons. The van der Waals surface area contributed by atoms with Crippen LogP contribution in [-0.4, -0.2) is 45.9 Å². The molecule has 0 bridgehead atoms. The van der Waals surface area contributed by atoms with E-state index >= 15 is 0 Å². The lowest BCUT2D eigenvalue weighted by molar-refractivity contribution is 0.265. The van der Waals surface area contributed by atoms with Gasteiger partial charge in [0.15, 0.2) is 0 Å². The Kier molecular flexibility index (Phi) is 4.77. The summed E-state index contributed by atoms with van der Waals surface area (Å²) in [5.74, 6) is 1.34. The van der Waals surface area contributed by atoms with Crippen molar-refractivity contribution in [3.8, 4) is 5.75 Å². The van der Waals surface area contributed by atoms with E-state index < -0.39 is 0 Å². The smallest absolute Gasteiger partial charge is 0.252 e. The summed E-state index contributed by atoms with van der Waals surface area (Å²) >= 11 is 0. The summed E-state index contributed by atoms with van der Waals surface area (Å²) in [6.07, 6.45) is 3.67. The van der Waals surface area contributed by atoms with Crippen molar-refractivity contribution in [2.45, 2.75) is 25.4 Å². The number of aliphatic hydroxyl groups excluding tert-OH is 1. The Morgan fingerprint density at radius 2 is 2.04 bits per heavy atom. The van der Waals surface area contributed by atoms with Gasteiger partial charge in [-0.05, 0) is 36.6 Å². The highest BCUT2D eigenvalue weighted by molar-refractivity contribution is 5.75. The average Bonchev–Trinajstić information content (AvgIpc) is 3.19. The molecule has 1 aliphatic heterocycles. The van der Waals surface area contributed by atoms with Gasteiger partial charge >= 0.3 is 0 Å². The number of fused-ring (bicyclic) bond motifs is 1. The Morgan fingerprint density at radius 1 is 1.22 bits per heavy atom. The first-order valence-corrected chi connectivity index (χ1v) is 9.06. The molecule has 1 atom stereocenters. The molecule has 2 aromatic heterocycles. The van der Waals surface area contributed by atoms with Crippen molar-refractivity contribution in [2.75, 3.05) is 25.2 Å². The maximum Gasteiger partial charge on any atom is 0.252 e. The predicted octanol–water partition coefficient (Wildman–Crippen LogP) is 1.81. The molecule has 0 saturated carbocycles. The molecular weight excluding hydrogens is 344 g/mol. The van der Waals surface area contributed by atoms with Gasteiger partial charge in [0.25, 0.3) is 5.56 Å². The fourth-order valence-corrected chi connectivity index (χ4v) is 3.56. The number of anilines is 1. The SMILES string of the molecule is COc1ccc(Cn2c(=O)ccc3cnc(N4CCC[C@H]4CO)nc32)cc1. The largest absolute Gasteiger partial charge is 0.497 e. The first kappa shape index (κ1) is 17.5. The number of hydrogen-bond donors (Lipinski definition) is 1. The maximum atomic E-state index is 12.5. The molecule has 3 aromatic rings. The minimum atomic E-state index is -0.108. The monoisotopic (exact) mass is 366 g/mol. The van der Waals surface area contributed by atoms with Crippen LogP contribution in [0.15, 0.2) is 47.4 Å². The maximum absolute atomic E-state index is 12.5. The second-order valence-corrected chi connectivity index (χ2v) is 6.73. The highest BCUT2D eigenvalue weighted by Gasteiger charge is 2.26. The van der Waals surface area contributed by atoms with E-state index in [1.807, 2.05) is 29.2 Å². The fourth-order valence-electron chi connectivity index (χ4n) is 3.56. The topological polar surface area (TPSA) is 80.5 Å². The molecule has 4 rings (SSSR count). The van der Waals surface area contributed by atoms with Crippen LogP contribution in [0.25, 0.3) is 11.0 Å². The molecule has 1 N–H and O–H groups in total. The highest BCUT2D eigenvalue weighted by Crippen LogP contribution is 2.23. The Morgan fingerprint density at radius 3 is 2.78 bits per heavy atom. The van der Waals surface area contributed by atoms with Gasteiger partial charge in [0.1, 0.15) is 11.4 Å². The van der Waals surface area contributed by atoms with Crippen molar-refractivity contribution in [1.82, 2.24) is 14.5 Å². The van der Waals surface area contributed by atoms with Crippen LogP contribution >= 0.6 is 0 Å². The number of methoxy groups -OCH3 is 1. The fraction of sp³-hybridized carbons (Fsp3) is 0.350. The van der Waals surface area contributed by atoms with E-state index in [9.17, 15) is 9.90 Å². The van der Waals surface area contributed by atoms with Crippen LogP contribution in [0, 0.1) is 0 Å². The number of aromatic nitrogens is 3. The average molecular weight is 366 g/mol. The summed E-state index contributed by atoms with van der Waals surface area (Å²) in [5.41, 5.74) is 1.48. The normalized spacial score (nSPS) is 16.8. The van der Waals surface area contributed by atoms with Gasteiger partial charge in [0, 0.05) is 24.2 Å². The zero-order chi connectivity index (χ0) is 18.8. The number of ether oxygens (including phenoxy) is 1. The summed E-state index contributed by atoms with van der Waals surface area (Å²) in [4.78, 5) is 23.7. The zero-order valence-electron chi connectivity index (χ0n) is 15.2. The Labute approximate surface area is 156 Å². The number of aliphatic hydroxyl groups is 1. The van der Waals surface area contributed by atoms with E-state index in [-0.39, 0.29) is 18.2 Å². The van der Waals surface area contributed by atoms with Gasteiger partial charge in [0.2, 0.25) is 5.95 Å². The lowest BCUT2D eigenvalue weighted by atomic mass is 10.2. The van der Waals surface area contributed by atoms with Crippen molar-refractivity contribution < 1.29 is 9.84 Å². The Balaban J connectivity index is 1.75. The van der Waals surface area contributed by atoms with Crippen molar-refractivity contribution in [3.05, 3.63) is 58.5 Å². The molecule has 7 nitrogen and oxygen atoms in total. The van der Waals surface area contributed by atoms with Crippen LogP contribution in [0.4, 0.5) is 5.95 Å². The number of pyridine rings is 1. The number of hydrogen-bond acceptors (Lipinski definition) is 6. The second-order valence-electron chi connectivity index (χ2n) is 6.73. The van der Waals surface area contributed by atoms with Gasteiger partial charge in [-0.3, -0.25) is 9.36 Å².